The van der Waals surface area contributed by atoms with E-state index in [-0.39, 0.29) is 0 Å². The summed E-state index contributed by atoms with van der Waals surface area (Å²) in [5.74, 6) is 0. The lowest BCUT2D eigenvalue weighted by molar-refractivity contribution is 0.737. The van der Waals surface area contributed by atoms with Gasteiger partial charge in [0.15, 0.2) is 0 Å². The van der Waals surface area contributed by atoms with Crippen molar-refractivity contribution in [2.75, 3.05) is 13.1 Å². The molecular formula is C20H23NS. The molecule has 114 valence electrons. The first-order valence-electron chi connectivity index (χ1n) is 7.90. The number of aryl methyl sites for hydroxylation is 2. The summed E-state index contributed by atoms with van der Waals surface area (Å²) >= 11 is 1.90. The van der Waals surface area contributed by atoms with Crippen molar-refractivity contribution < 1.29 is 0 Å². The van der Waals surface area contributed by atoms with Crippen LogP contribution in [0.3, 0.4) is 0 Å². The summed E-state index contributed by atoms with van der Waals surface area (Å²) in [6.07, 6.45) is 3.45. The Kier molecular flexibility index (Phi) is 4.70. The fourth-order valence-corrected chi connectivity index (χ4v) is 3.94. The standard InChI is InChI=1S/C20H23NS/c1-14-7-8-20(18(13-14)17-9-11-21-12-10-17)22-19-6-4-5-15(2)16(19)3/h4-9,13,21H,10-12H2,1-3H3. The zero-order valence-corrected chi connectivity index (χ0v) is 14.4. The molecule has 3 rings (SSSR count). The van der Waals surface area contributed by atoms with E-state index in [1.807, 2.05) is 11.8 Å². The number of rotatable bonds is 3. The van der Waals surface area contributed by atoms with Gasteiger partial charge in [-0.1, -0.05) is 47.7 Å². The predicted molar refractivity (Wildman–Crippen MR) is 96.7 cm³/mol. The molecule has 0 radical (unpaired) electrons. The highest BCUT2D eigenvalue weighted by molar-refractivity contribution is 7.99. The molecule has 0 aliphatic carbocycles. The fraction of sp³-hybridized carbons (Fsp3) is 0.300. The van der Waals surface area contributed by atoms with Crippen LogP contribution in [0.15, 0.2) is 52.3 Å². The third-order valence-corrected chi connectivity index (χ3v) is 5.56. The van der Waals surface area contributed by atoms with Gasteiger partial charge in [0.1, 0.15) is 0 Å². The molecule has 1 aliphatic heterocycles. The minimum Gasteiger partial charge on any atom is -0.313 e. The second kappa shape index (κ2) is 6.72. The molecule has 0 aromatic heterocycles. The minimum atomic E-state index is 0.983. The first-order valence-corrected chi connectivity index (χ1v) is 8.71. The lowest BCUT2D eigenvalue weighted by Gasteiger charge is -2.18. The molecule has 0 atom stereocenters. The average Bonchev–Trinajstić information content (AvgIpc) is 2.54. The van der Waals surface area contributed by atoms with Gasteiger partial charge in [0.2, 0.25) is 0 Å². The molecule has 1 heterocycles. The number of nitrogens with one attached hydrogen (secondary N) is 1. The molecule has 1 aliphatic rings. The Morgan fingerprint density at radius 1 is 1.00 bits per heavy atom. The van der Waals surface area contributed by atoms with Gasteiger partial charge in [-0.3, -0.25) is 0 Å². The third-order valence-electron chi connectivity index (χ3n) is 4.32. The molecule has 22 heavy (non-hydrogen) atoms. The van der Waals surface area contributed by atoms with E-state index in [4.69, 9.17) is 0 Å². The molecule has 2 aromatic carbocycles. The third kappa shape index (κ3) is 3.29. The van der Waals surface area contributed by atoms with Gasteiger partial charge in [0, 0.05) is 16.3 Å². The monoisotopic (exact) mass is 309 g/mol. The molecule has 0 amide bonds. The lowest BCUT2D eigenvalue weighted by Crippen LogP contribution is -2.20. The van der Waals surface area contributed by atoms with Crippen molar-refractivity contribution in [1.29, 1.82) is 0 Å². The summed E-state index contributed by atoms with van der Waals surface area (Å²) in [6.45, 7) is 8.64. The van der Waals surface area contributed by atoms with E-state index in [2.05, 4.69) is 68.6 Å². The Morgan fingerprint density at radius 3 is 2.64 bits per heavy atom. The summed E-state index contributed by atoms with van der Waals surface area (Å²) in [4.78, 5) is 2.73. The molecule has 0 bridgehead atoms. The lowest BCUT2D eigenvalue weighted by atomic mass is 9.99. The Hall–Kier alpha value is -1.51. The molecular weight excluding hydrogens is 286 g/mol. The summed E-state index contributed by atoms with van der Waals surface area (Å²) in [5, 5.41) is 3.40. The minimum absolute atomic E-state index is 0.983. The number of hydrogen-bond acceptors (Lipinski definition) is 2. The maximum absolute atomic E-state index is 3.40. The Bertz CT molecular complexity index is 716. The van der Waals surface area contributed by atoms with E-state index in [9.17, 15) is 0 Å². The van der Waals surface area contributed by atoms with Crippen LogP contribution in [0.5, 0.6) is 0 Å². The van der Waals surface area contributed by atoms with Crippen molar-refractivity contribution in [3.8, 4) is 0 Å². The average molecular weight is 309 g/mol. The van der Waals surface area contributed by atoms with Crippen molar-refractivity contribution >= 4 is 17.3 Å². The van der Waals surface area contributed by atoms with Gasteiger partial charge in [-0.05, 0) is 68.1 Å². The van der Waals surface area contributed by atoms with Gasteiger partial charge in [0.25, 0.3) is 0 Å². The molecule has 0 saturated carbocycles. The molecule has 0 unspecified atom stereocenters. The van der Waals surface area contributed by atoms with E-state index in [1.165, 1.54) is 37.6 Å². The second-order valence-corrected chi connectivity index (χ2v) is 7.07. The van der Waals surface area contributed by atoms with Crippen LogP contribution in [0.4, 0.5) is 0 Å². The summed E-state index contributed by atoms with van der Waals surface area (Å²) in [5.41, 5.74) is 6.97. The van der Waals surface area contributed by atoms with Crippen molar-refractivity contribution in [1.82, 2.24) is 5.32 Å². The fourth-order valence-electron chi connectivity index (χ4n) is 2.80. The van der Waals surface area contributed by atoms with Crippen LogP contribution in [0.25, 0.3) is 5.57 Å². The number of hydrogen-bond donors (Lipinski definition) is 1. The molecule has 0 saturated heterocycles. The van der Waals surface area contributed by atoms with Crippen LogP contribution in [0, 0.1) is 20.8 Å². The first kappa shape index (κ1) is 15.4. The Morgan fingerprint density at radius 2 is 1.86 bits per heavy atom. The van der Waals surface area contributed by atoms with Crippen LogP contribution in [0.2, 0.25) is 0 Å². The number of benzene rings is 2. The molecule has 0 spiro atoms. The summed E-state index contributed by atoms with van der Waals surface area (Å²) in [6, 6.07) is 13.4. The molecule has 2 heteroatoms. The van der Waals surface area contributed by atoms with Crippen LogP contribution in [-0.2, 0) is 0 Å². The van der Waals surface area contributed by atoms with E-state index >= 15 is 0 Å². The highest BCUT2D eigenvalue weighted by Gasteiger charge is 2.13. The van der Waals surface area contributed by atoms with E-state index < -0.39 is 0 Å². The van der Waals surface area contributed by atoms with Crippen molar-refractivity contribution in [3.63, 3.8) is 0 Å². The van der Waals surface area contributed by atoms with Crippen molar-refractivity contribution in [3.05, 3.63) is 64.7 Å². The second-order valence-electron chi connectivity index (χ2n) is 5.98. The molecule has 0 fully saturated rings. The van der Waals surface area contributed by atoms with Gasteiger partial charge in [-0.15, -0.1) is 0 Å². The van der Waals surface area contributed by atoms with Crippen molar-refractivity contribution in [2.24, 2.45) is 0 Å². The SMILES string of the molecule is Cc1ccc(Sc2cccc(C)c2C)c(C2=CCNCC2)c1. The van der Waals surface area contributed by atoms with Crippen LogP contribution in [0.1, 0.15) is 28.7 Å². The van der Waals surface area contributed by atoms with Gasteiger partial charge in [0.05, 0.1) is 0 Å². The molecule has 2 aromatic rings. The molecule has 1 N–H and O–H groups in total. The van der Waals surface area contributed by atoms with Crippen molar-refractivity contribution in [2.45, 2.75) is 37.0 Å². The van der Waals surface area contributed by atoms with Gasteiger partial charge in [-0.25, -0.2) is 0 Å². The largest absolute Gasteiger partial charge is 0.313 e. The quantitative estimate of drug-likeness (QED) is 0.842. The first-order chi connectivity index (χ1) is 10.6. The van der Waals surface area contributed by atoms with Gasteiger partial charge >= 0.3 is 0 Å². The van der Waals surface area contributed by atoms with Crippen LogP contribution >= 0.6 is 11.8 Å². The maximum Gasteiger partial charge on any atom is 0.0197 e. The molecule has 1 nitrogen and oxygen atoms in total. The zero-order valence-electron chi connectivity index (χ0n) is 13.6. The van der Waals surface area contributed by atoms with Crippen LogP contribution < -0.4 is 5.32 Å². The Labute approximate surface area is 137 Å². The predicted octanol–water partition coefficient (Wildman–Crippen LogP) is 5.14. The highest BCUT2D eigenvalue weighted by Crippen LogP contribution is 2.37. The van der Waals surface area contributed by atoms with E-state index in [0.717, 1.165) is 19.5 Å². The van der Waals surface area contributed by atoms with E-state index in [1.54, 1.807) is 0 Å². The smallest absolute Gasteiger partial charge is 0.0197 e. The highest BCUT2D eigenvalue weighted by atomic mass is 32.2. The zero-order chi connectivity index (χ0) is 15.5. The van der Waals surface area contributed by atoms with Crippen LogP contribution in [-0.4, -0.2) is 13.1 Å². The van der Waals surface area contributed by atoms with Gasteiger partial charge in [-0.2, -0.15) is 0 Å². The van der Waals surface area contributed by atoms with Gasteiger partial charge < -0.3 is 5.32 Å². The van der Waals surface area contributed by atoms with E-state index in [0.29, 0.717) is 0 Å². The topological polar surface area (TPSA) is 12.0 Å². The Balaban J connectivity index is 2.00. The summed E-state index contributed by atoms with van der Waals surface area (Å²) in [7, 11) is 0. The normalized spacial score (nSPS) is 14.8. The maximum atomic E-state index is 3.40. The summed E-state index contributed by atoms with van der Waals surface area (Å²) < 4.78 is 0.